The molecule has 0 amide bonds. The van der Waals surface area contributed by atoms with E-state index in [9.17, 15) is 10.2 Å². The summed E-state index contributed by atoms with van der Waals surface area (Å²) in [6, 6.07) is 4.87. The van der Waals surface area contributed by atoms with Crippen molar-refractivity contribution in [2.75, 3.05) is 6.61 Å². The number of aromatic nitrogens is 3. The molecule has 1 unspecified atom stereocenters. The molecule has 0 saturated carbocycles. The normalized spacial score (nSPS) is 12.7. The molecular weight excluding hydrogens is 292 g/mol. The van der Waals surface area contributed by atoms with Crippen LogP contribution in [0.4, 0.5) is 0 Å². The highest BCUT2D eigenvalue weighted by molar-refractivity contribution is 7.71. The number of hydrogen-bond acceptors (Lipinski definition) is 6. The number of aliphatic hydroxyl groups excluding tert-OH is 1. The summed E-state index contributed by atoms with van der Waals surface area (Å²) in [5.41, 5.74) is 0.718. The molecule has 0 aliphatic heterocycles. The van der Waals surface area contributed by atoms with Crippen LogP contribution in [-0.2, 0) is 0 Å². The first-order valence-electron chi connectivity index (χ1n) is 6.38. The average Bonchev–Trinajstić information content (AvgIpc) is 2.81. The Balaban J connectivity index is 2.32. The molecule has 0 spiro atoms. The summed E-state index contributed by atoms with van der Waals surface area (Å²) in [5.74, 6) is 0.770. The van der Waals surface area contributed by atoms with E-state index >= 15 is 0 Å². The molecule has 21 heavy (non-hydrogen) atoms. The molecule has 8 heteroatoms. The van der Waals surface area contributed by atoms with Gasteiger partial charge in [-0.25, -0.2) is 0 Å². The van der Waals surface area contributed by atoms with Crippen molar-refractivity contribution in [2.45, 2.75) is 20.0 Å². The first-order valence-corrected chi connectivity index (χ1v) is 6.79. The number of ether oxygens (including phenoxy) is 1. The number of H-pyrrole nitrogens is 1. The molecule has 2 rings (SSSR count). The summed E-state index contributed by atoms with van der Waals surface area (Å²) in [7, 11) is 0. The first-order chi connectivity index (χ1) is 10.0. The second-order valence-electron chi connectivity index (χ2n) is 4.28. The molecule has 7 nitrogen and oxygen atoms in total. The van der Waals surface area contributed by atoms with Crippen LogP contribution in [0.2, 0.25) is 0 Å². The lowest BCUT2D eigenvalue weighted by atomic mass is 10.2. The van der Waals surface area contributed by atoms with Crippen LogP contribution in [0.5, 0.6) is 11.5 Å². The molecule has 1 aromatic heterocycles. The monoisotopic (exact) mass is 308 g/mol. The third-order valence-electron chi connectivity index (χ3n) is 2.66. The van der Waals surface area contributed by atoms with Gasteiger partial charge in [0.1, 0.15) is 6.10 Å². The van der Waals surface area contributed by atoms with E-state index in [0.29, 0.717) is 18.2 Å². The molecule has 2 aromatic rings. The molecule has 3 N–H and O–H groups in total. The highest BCUT2D eigenvalue weighted by atomic mass is 32.1. The van der Waals surface area contributed by atoms with E-state index in [4.69, 9.17) is 17.0 Å². The molecule has 0 aliphatic rings. The molecule has 0 saturated heterocycles. The number of aliphatic hydroxyl groups is 1. The third kappa shape index (κ3) is 3.47. The van der Waals surface area contributed by atoms with Crippen molar-refractivity contribution in [3.8, 4) is 11.5 Å². The van der Waals surface area contributed by atoms with Gasteiger partial charge in [-0.2, -0.15) is 14.9 Å². The zero-order valence-electron chi connectivity index (χ0n) is 11.6. The van der Waals surface area contributed by atoms with E-state index in [1.807, 2.05) is 6.92 Å². The Kier molecular flexibility index (Phi) is 4.71. The maximum atomic E-state index is 9.64. The van der Waals surface area contributed by atoms with E-state index in [0.717, 1.165) is 5.56 Å². The Morgan fingerprint density at radius 3 is 3.00 bits per heavy atom. The van der Waals surface area contributed by atoms with Crippen molar-refractivity contribution < 1.29 is 14.9 Å². The summed E-state index contributed by atoms with van der Waals surface area (Å²) in [4.78, 5) is 0. The highest BCUT2D eigenvalue weighted by Gasteiger charge is 2.10. The van der Waals surface area contributed by atoms with Crippen molar-refractivity contribution in [1.29, 1.82) is 0 Å². The lowest BCUT2D eigenvalue weighted by Crippen LogP contribution is -2.03. The van der Waals surface area contributed by atoms with E-state index in [1.54, 1.807) is 25.3 Å². The minimum absolute atomic E-state index is 0.0681. The smallest absolute Gasteiger partial charge is 0.216 e. The van der Waals surface area contributed by atoms with Gasteiger partial charge in [0.15, 0.2) is 17.3 Å². The van der Waals surface area contributed by atoms with Crippen LogP contribution in [0.25, 0.3) is 0 Å². The Morgan fingerprint density at radius 2 is 2.33 bits per heavy atom. The van der Waals surface area contributed by atoms with Crippen LogP contribution in [-0.4, -0.2) is 37.9 Å². The topological polar surface area (TPSA) is 95.7 Å². The molecule has 1 aromatic carbocycles. The van der Waals surface area contributed by atoms with Gasteiger partial charge in [0.2, 0.25) is 4.77 Å². The second kappa shape index (κ2) is 6.51. The van der Waals surface area contributed by atoms with Crippen LogP contribution in [0, 0.1) is 4.77 Å². The highest BCUT2D eigenvalue weighted by Crippen LogP contribution is 2.26. The van der Waals surface area contributed by atoms with Gasteiger partial charge >= 0.3 is 0 Å². The van der Waals surface area contributed by atoms with Gasteiger partial charge < -0.3 is 14.9 Å². The van der Waals surface area contributed by atoms with Gasteiger partial charge in [-0.3, -0.25) is 5.10 Å². The fraction of sp³-hybridized carbons (Fsp3) is 0.308. The van der Waals surface area contributed by atoms with Crippen LogP contribution in [0.1, 0.15) is 31.3 Å². The van der Waals surface area contributed by atoms with Crippen molar-refractivity contribution in [3.05, 3.63) is 34.4 Å². The standard InChI is InChI=1S/C13H16N4O3S/c1-3-20-11-6-9(4-5-10(11)19)7-14-17-12(8(2)18)15-16-13(17)21/h4-8,18-19H,3H2,1-2H3,(H,16,21). The predicted octanol–water partition coefficient (Wildman–Crippen LogP) is 1.98. The Hall–Kier alpha value is -2.19. The number of phenols is 1. The van der Waals surface area contributed by atoms with E-state index < -0.39 is 6.10 Å². The van der Waals surface area contributed by atoms with Crippen LogP contribution in [0.15, 0.2) is 23.3 Å². The largest absolute Gasteiger partial charge is 0.504 e. The van der Waals surface area contributed by atoms with Crippen molar-refractivity contribution >= 4 is 18.4 Å². The van der Waals surface area contributed by atoms with Gasteiger partial charge in [-0.05, 0) is 49.8 Å². The van der Waals surface area contributed by atoms with E-state index in [2.05, 4.69) is 15.3 Å². The summed E-state index contributed by atoms with van der Waals surface area (Å²) in [6.45, 7) is 3.86. The van der Waals surface area contributed by atoms with Crippen LogP contribution in [0.3, 0.4) is 0 Å². The maximum absolute atomic E-state index is 9.64. The number of nitrogens with zero attached hydrogens (tertiary/aromatic N) is 3. The van der Waals surface area contributed by atoms with Gasteiger partial charge in [0.25, 0.3) is 0 Å². The number of hydrogen-bond donors (Lipinski definition) is 3. The maximum Gasteiger partial charge on any atom is 0.216 e. The van der Waals surface area contributed by atoms with Crippen molar-refractivity contribution in [2.24, 2.45) is 5.10 Å². The van der Waals surface area contributed by atoms with Crippen molar-refractivity contribution in [3.63, 3.8) is 0 Å². The fourth-order valence-electron chi connectivity index (χ4n) is 1.69. The molecule has 0 radical (unpaired) electrons. The van der Waals surface area contributed by atoms with Crippen LogP contribution < -0.4 is 4.74 Å². The summed E-state index contributed by atoms with van der Waals surface area (Å²) in [6.07, 6.45) is 0.744. The molecule has 1 heterocycles. The summed E-state index contributed by atoms with van der Waals surface area (Å²) in [5, 5.41) is 29.9. The Bertz CT molecular complexity index is 706. The predicted molar refractivity (Wildman–Crippen MR) is 80.3 cm³/mol. The average molecular weight is 308 g/mol. The molecule has 0 fully saturated rings. The molecule has 1 atom stereocenters. The SMILES string of the molecule is CCOc1cc(C=Nn2c(C(C)O)n[nH]c2=S)ccc1O. The summed E-state index contributed by atoms with van der Waals surface area (Å²) < 4.78 is 6.93. The van der Waals surface area contributed by atoms with Crippen molar-refractivity contribution in [1.82, 2.24) is 14.9 Å². The zero-order valence-corrected chi connectivity index (χ0v) is 12.5. The lowest BCUT2D eigenvalue weighted by molar-refractivity contribution is 0.184. The van der Waals surface area contributed by atoms with Crippen LogP contribution >= 0.6 is 12.2 Å². The van der Waals surface area contributed by atoms with E-state index in [-0.39, 0.29) is 10.5 Å². The third-order valence-corrected chi connectivity index (χ3v) is 2.92. The molecular formula is C13H16N4O3S. The first kappa shape index (κ1) is 15.2. The van der Waals surface area contributed by atoms with E-state index in [1.165, 1.54) is 10.7 Å². The molecule has 0 bridgehead atoms. The number of rotatable bonds is 5. The molecule has 0 aliphatic carbocycles. The molecule has 112 valence electrons. The zero-order chi connectivity index (χ0) is 15.4. The quantitative estimate of drug-likeness (QED) is 0.580. The number of benzene rings is 1. The number of aromatic amines is 1. The van der Waals surface area contributed by atoms with Gasteiger partial charge in [-0.1, -0.05) is 0 Å². The lowest BCUT2D eigenvalue weighted by Gasteiger charge is -2.06. The number of nitrogens with one attached hydrogen (secondary N) is 1. The number of aromatic hydroxyl groups is 1. The van der Waals surface area contributed by atoms with Gasteiger partial charge in [0, 0.05) is 0 Å². The fourth-order valence-corrected chi connectivity index (χ4v) is 1.88. The Labute approximate surface area is 126 Å². The summed E-state index contributed by atoms with van der Waals surface area (Å²) >= 11 is 5.05. The van der Waals surface area contributed by atoms with Gasteiger partial charge in [-0.15, -0.1) is 0 Å². The Morgan fingerprint density at radius 1 is 1.57 bits per heavy atom. The minimum Gasteiger partial charge on any atom is -0.504 e. The number of phenolic OH excluding ortho intramolecular Hbond substituents is 1. The second-order valence-corrected chi connectivity index (χ2v) is 4.67. The van der Waals surface area contributed by atoms with Gasteiger partial charge in [0.05, 0.1) is 12.8 Å². The minimum atomic E-state index is -0.797.